The summed E-state index contributed by atoms with van der Waals surface area (Å²) < 4.78 is 12.1. The van der Waals surface area contributed by atoms with Crippen LogP contribution in [0.2, 0.25) is 0 Å². The molecule has 2 aliphatic rings. The molecule has 128 valence electrons. The number of aliphatic hydroxyl groups excluding tert-OH is 1. The molecule has 1 heterocycles. The second kappa shape index (κ2) is 8.20. The lowest BCUT2D eigenvalue weighted by molar-refractivity contribution is -0.146. The Morgan fingerprint density at radius 2 is 1.87 bits per heavy atom. The third-order valence-electron chi connectivity index (χ3n) is 4.63. The summed E-state index contributed by atoms with van der Waals surface area (Å²) in [5, 5.41) is 9.37. The van der Waals surface area contributed by atoms with E-state index < -0.39 is 11.9 Å². The van der Waals surface area contributed by atoms with E-state index in [2.05, 4.69) is 30.6 Å². The molecular weight excluding hydrogens is 288 g/mol. The molecule has 1 aliphatic carbocycles. The van der Waals surface area contributed by atoms with Crippen LogP contribution in [-0.4, -0.2) is 29.2 Å². The summed E-state index contributed by atoms with van der Waals surface area (Å²) in [7, 11) is 0. The molecule has 23 heavy (non-hydrogen) atoms. The molecule has 0 radical (unpaired) electrons. The van der Waals surface area contributed by atoms with E-state index in [1.165, 1.54) is 19.3 Å². The molecule has 0 spiro atoms. The average molecular weight is 318 g/mol. The predicted molar refractivity (Wildman–Crippen MR) is 91.4 cm³/mol. The third kappa shape index (κ3) is 5.85. The Balaban J connectivity index is 1.85. The molecular formula is C20H30O3. The van der Waals surface area contributed by atoms with Gasteiger partial charge in [0.1, 0.15) is 6.10 Å². The smallest absolute Gasteiger partial charge is 0.163 e. The maximum atomic E-state index is 9.37. The summed E-state index contributed by atoms with van der Waals surface area (Å²) in [5.74, 6) is 12.5. The number of aliphatic hydroxyl groups is 1. The Hall–Kier alpha value is -1.00. The van der Waals surface area contributed by atoms with Crippen molar-refractivity contribution in [3.05, 3.63) is 0 Å². The Labute approximate surface area is 141 Å². The first-order valence-corrected chi connectivity index (χ1v) is 8.97. The number of hydrogen-bond acceptors (Lipinski definition) is 3. The minimum atomic E-state index is -0.576. The monoisotopic (exact) mass is 318 g/mol. The van der Waals surface area contributed by atoms with E-state index in [-0.39, 0.29) is 12.2 Å². The lowest BCUT2D eigenvalue weighted by Crippen LogP contribution is -2.23. The van der Waals surface area contributed by atoms with E-state index in [1.807, 2.05) is 20.8 Å². The highest BCUT2D eigenvalue weighted by Gasteiger charge is 2.45. The van der Waals surface area contributed by atoms with Crippen molar-refractivity contribution < 1.29 is 14.6 Å². The zero-order chi connectivity index (χ0) is 16.9. The molecule has 0 amide bonds. The summed E-state index contributed by atoms with van der Waals surface area (Å²) in [6.07, 6.45) is 5.88. The molecule has 5 atom stereocenters. The van der Waals surface area contributed by atoms with E-state index in [0.29, 0.717) is 12.8 Å². The lowest BCUT2D eigenvalue weighted by Gasteiger charge is -2.16. The van der Waals surface area contributed by atoms with Gasteiger partial charge in [-0.1, -0.05) is 38.5 Å². The molecule has 2 fully saturated rings. The zero-order valence-corrected chi connectivity index (χ0v) is 14.9. The van der Waals surface area contributed by atoms with Crippen LogP contribution in [-0.2, 0) is 9.47 Å². The first-order chi connectivity index (χ1) is 10.9. The summed E-state index contributed by atoms with van der Waals surface area (Å²) in [6.45, 7) is 8.10. The molecule has 2 rings (SSSR count). The molecule has 0 aromatic carbocycles. The number of ether oxygens (including phenoxy) is 2. The molecule has 3 nitrogen and oxygen atoms in total. The van der Waals surface area contributed by atoms with Gasteiger partial charge in [0.2, 0.25) is 0 Å². The molecule has 1 aliphatic heterocycles. The van der Waals surface area contributed by atoms with Crippen LogP contribution in [0.3, 0.4) is 0 Å². The third-order valence-corrected chi connectivity index (χ3v) is 4.63. The minimum Gasteiger partial charge on any atom is -0.380 e. The van der Waals surface area contributed by atoms with E-state index in [0.717, 1.165) is 18.3 Å². The second-order valence-electron chi connectivity index (χ2n) is 7.19. The molecule has 3 heteroatoms. The SMILES string of the molecule is CCCC1CC1CC1OC(C)(C)OC1CC#CC#CC(O)CC. The largest absolute Gasteiger partial charge is 0.380 e. The van der Waals surface area contributed by atoms with Crippen molar-refractivity contribution in [2.24, 2.45) is 11.8 Å². The second-order valence-corrected chi connectivity index (χ2v) is 7.19. The van der Waals surface area contributed by atoms with Gasteiger partial charge in [-0.05, 0) is 56.8 Å². The van der Waals surface area contributed by atoms with Crippen LogP contribution in [0.25, 0.3) is 0 Å². The standard InChI is InChI=1S/C20H30O3/c1-5-10-15-13-16(15)14-19-18(22-20(3,4)23-19)12-9-7-8-11-17(21)6-2/h15-19,21H,5-6,10,12-14H2,1-4H3. The first-order valence-electron chi connectivity index (χ1n) is 8.97. The van der Waals surface area contributed by atoms with E-state index in [4.69, 9.17) is 9.47 Å². The van der Waals surface area contributed by atoms with Gasteiger partial charge in [-0.2, -0.15) is 0 Å². The average Bonchev–Trinajstić information content (AvgIpc) is 3.14. The van der Waals surface area contributed by atoms with Crippen LogP contribution in [0.5, 0.6) is 0 Å². The molecule has 1 N–H and O–H groups in total. The predicted octanol–water partition coefficient (Wildman–Crippen LogP) is 3.50. The highest BCUT2D eigenvalue weighted by molar-refractivity contribution is 5.27. The van der Waals surface area contributed by atoms with Crippen LogP contribution >= 0.6 is 0 Å². The van der Waals surface area contributed by atoms with Gasteiger partial charge in [0.05, 0.1) is 12.2 Å². The Bertz CT molecular complexity index is 502. The van der Waals surface area contributed by atoms with Crippen molar-refractivity contribution in [3.8, 4) is 23.7 Å². The van der Waals surface area contributed by atoms with Crippen LogP contribution in [0.15, 0.2) is 0 Å². The Morgan fingerprint density at radius 1 is 1.13 bits per heavy atom. The summed E-state index contributed by atoms with van der Waals surface area (Å²) >= 11 is 0. The fourth-order valence-corrected chi connectivity index (χ4v) is 3.32. The van der Waals surface area contributed by atoms with E-state index in [9.17, 15) is 5.11 Å². The highest BCUT2D eigenvalue weighted by atomic mass is 16.7. The molecule has 0 bridgehead atoms. The van der Waals surface area contributed by atoms with Gasteiger partial charge >= 0.3 is 0 Å². The van der Waals surface area contributed by atoms with Gasteiger partial charge in [-0.3, -0.25) is 0 Å². The van der Waals surface area contributed by atoms with Crippen molar-refractivity contribution >= 4 is 0 Å². The molecule has 0 aromatic heterocycles. The minimum absolute atomic E-state index is 0.0262. The number of hydrogen-bond donors (Lipinski definition) is 1. The van der Waals surface area contributed by atoms with Crippen molar-refractivity contribution in [2.75, 3.05) is 0 Å². The zero-order valence-electron chi connectivity index (χ0n) is 14.9. The van der Waals surface area contributed by atoms with E-state index in [1.54, 1.807) is 0 Å². The van der Waals surface area contributed by atoms with Gasteiger partial charge in [0.25, 0.3) is 0 Å². The molecule has 5 unspecified atom stereocenters. The maximum absolute atomic E-state index is 9.37. The molecule has 1 saturated carbocycles. The van der Waals surface area contributed by atoms with Crippen LogP contribution in [0.4, 0.5) is 0 Å². The Kier molecular flexibility index (Phi) is 6.54. The fourth-order valence-electron chi connectivity index (χ4n) is 3.32. The summed E-state index contributed by atoms with van der Waals surface area (Å²) in [5.41, 5.74) is 0. The van der Waals surface area contributed by atoms with E-state index >= 15 is 0 Å². The van der Waals surface area contributed by atoms with Crippen molar-refractivity contribution in [1.29, 1.82) is 0 Å². The van der Waals surface area contributed by atoms with Gasteiger partial charge in [-0.15, -0.1) is 0 Å². The maximum Gasteiger partial charge on any atom is 0.163 e. The lowest BCUT2D eigenvalue weighted by atomic mass is 10.0. The summed E-state index contributed by atoms with van der Waals surface area (Å²) in [4.78, 5) is 0. The quantitative estimate of drug-likeness (QED) is 0.762. The van der Waals surface area contributed by atoms with Crippen LogP contribution < -0.4 is 0 Å². The van der Waals surface area contributed by atoms with Crippen LogP contribution in [0, 0.1) is 35.5 Å². The van der Waals surface area contributed by atoms with Crippen molar-refractivity contribution in [2.45, 2.75) is 90.3 Å². The molecule has 1 saturated heterocycles. The fraction of sp³-hybridized carbons (Fsp3) is 0.800. The van der Waals surface area contributed by atoms with Crippen molar-refractivity contribution in [3.63, 3.8) is 0 Å². The highest BCUT2D eigenvalue weighted by Crippen LogP contribution is 2.47. The normalized spacial score (nSPS) is 32.4. The van der Waals surface area contributed by atoms with Gasteiger partial charge in [-0.25, -0.2) is 0 Å². The topological polar surface area (TPSA) is 38.7 Å². The summed E-state index contributed by atoms with van der Waals surface area (Å²) in [6, 6.07) is 0. The van der Waals surface area contributed by atoms with Gasteiger partial charge in [0.15, 0.2) is 5.79 Å². The first kappa shape index (κ1) is 18.3. The Morgan fingerprint density at radius 3 is 2.57 bits per heavy atom. The number of rotatable bonds is 6. The van der Waals surface area contributed by atoms with Gasteiger partial charge in [0, 0.05) is 6.42 Å². The van der Waals surface area contributed by atoms with Gasteiger partial charge < -0.3 is 14.6 Å². The van der Waals surface area contributed by atoms with Crippen molar-refractivity contribution in [1.82, 2.24) is 0 Å². The molecule has 0 aromatic rings. The van der Waals surface area contributed by atoms with Crippen LogP contribution in [0.1, 0.15) is 66.2 Å².